The first-order valence-electron chi connectivity index (χ1n) is 6.93. The molecule has 1 aromatic heterocycles. The zero-order chi connectivity index (χ0) is 17.4. The van der Waals surface area contributed by atoms with E-state index in [0.717, 1.165) is 11.0 Å². The summed E-state index contributed by atoms with van der Waals surface area (Å²) in [7, 11) is 0. The van der Waals surface area contributed by atoms with Gasteiger partial charge in [0.1, 0.15) is 0 Å². The second kappa shape index (κ2) is 8.59. The lowest BCUT2D eigenvalue weighted by Crippen LogP contribution is -2.27. The highest BCUT2D eigenvalue weighted by atomic mass is 32.1. The van der Waals surface area contributed by atoms with Gasteiger partial charge in [-0.25, -0.2) is 4.79 Å². The third kappa shape index (κ3) is 5.65. The molecule has 2 aromatic rings. The summed E-state index contributed by atoms with van der Waals surface area (Å²) in [6.07, 6.45) is 2.61. The number of carbonyl (C=O) groups is 2. The Morgan fingerprint density at radius 3 is 2.62 bits per heavy atom. The Kier molecular flexibility index (Phi) is 6.21. The Labute approximate surface area is 141 Å². The average Bonchev–Trinajstić information content (AvgIpc) is 3.10. The number of benzene rings is 1. The average molecular weight is 346 g/mol. The first kappa shape index (κ1) is 17.4. The first-order chi connectivity index (χ1) is 11.5. The maximum absolute atomic E-state index is 11.5. The number of nitro benzene ring substituents is 1. The van der Waals surface area contributed by atoms with E-state index in [1.54, 1.807) is 0 Å². The number of amides is 1. The van der Waals surface area contributed by atoms with Crippen LogP contribution in [0.25, 0.3) is 6.08 Å². The Bertz CT molecular complexity index is 738. The quantitative estimate of drug-likeness (QED) is 0.359. The number of hydrogen-bond acceptors (Lipinski definition) is 6. The molecule has 7 nitrogen and oxygen atoms in total. The highest BCUT2D eigenvalue weighted by molar-refractivity contribution is 7.09. The minimum absolute atomic E-state index is 0.0304. The molecular formula is C16H14N2O5S. The van der Waals surface area contributed by atoms with E-state index in [9.17, 15) is 19.7 Å². The summed E-state index contributed by atoms with van der Waals surface area (Å²) in [5.41, 5.74) is 0.580. The highest BCUT2D eigenvalue weighted by Crippen LogP contribution is 2.12. The molecule has 24 heavy (non-hydrogen) atoms. The molecule has 0 saturated heterocycles. The number of non-ortho nitro benzene ring substituents is 1. The summed E-state index contributed by atoms with van der Waals surface area (Å²) >= 11 is 1.52. The van der Waals surface area contributed by atoms with Crippen molar-refractivity contribution in [3.63, 3.8) is 0 Å². The second-order valence-corrected chi connectivity index (χ2v) is 5.68. The standard InChI is InChI=1S/C16H14N2O5S/c19-15(17-10-14-2-1-9-24-14)11-23-16(20)8-5-12-3-6-13(7-4-12)18(21)22/h1-9H,10-11H2,(H,17,19)/b8-5+. The number of thiophene rings is 1. The van der Waals surface area contributed by atoms with E-state index in [4.69, 9.17) is 4.74 Å². The molecule has 0 spiro atoms. The molecule has 1 heterocycles. The smallest absolute Gasteiger partial charge is 0.331 e. The van der Waals surface area contributed by atoms with Crippen LogP contribution in [0.5, 0.6) is 0 Å². The number of esters is 1. The van der Waals surface area contributed by atoms with Gasteiger partial charge in [0.15, 0.2) is 6.61 Å². The van der Waals surface area contributed by atoms with Crippen molar-refractivity contribution in [2.75, 3.05) is 6.61 Å². The van der Waals surface area contributed by atoms with Crippen molar-refractivity contribution in [3.05, 3.63) is 68.4 Å². The van der Waals surface area contributed by atoms with E-state index in [2.05, 4.69) is 5.32 Å². The lowest BCUT2D eigenvalue weighted by Gasteiger charge is -2.03. The molecule has 8 heteroatoms. The van der Waals surface area contributed by atoms with Crippen molar-refractivity contribution in [2.24, 2.45) is 0 Å². The lowest BCUT2D eigenvalue weighted by molar-refractivity contribution is -0.384. The molecule has 1 aromatic carbocycles. The van der Waals surface area contributed by atoms with E-state index in [-0.39, 0.29) is 18.2 Å². The zero-order valence-corrected chi connectivity index (χ0v) is 13.3. The van der Waals surface area contributed by atoms with E-state index >= 15 is 0 Å². The number of ether oxygens (including phenoxy) is 1. The fourth-order valence-corrected chi connectivity index (χ4v) is 2.35. The Balaban J connectivity index is 1.73. The van der Waals surface area contributed by atoms with Crippen LogP contribution in [0.1, 0.15) is 10.4 Å². The van der Waals surface area contributed by atoms with Crippen LogP contribution in [-0.2, 0) is 20.9 Å². The number of carbonyl (C=O) groups excluding carboxylic acids is 2. The molecule has 0 bridgehead atoms. The van der Waals surface area contributed by atoms with Crippen LogP contribution in [0, 0.1) is 10.1 Å². The SMILES string of the molecule is O=C(COC(=O)/C=C/c1ccc([N+](=O)[O-])cc1)NCc1cccs1. The fourth-order valence-electron chi connectivity index (χ4n) is 1.71. The zero-order valence-electron chi connectivity index (χ0n) is 12.5. The molecule has 0 unspecified atom stereocenters. The number of rotatable bonds is 7. The Hall–Kier alpha value is -3.00. The van der Waals surface area contributed by atoms with Gasteiger partial charge in [-0.3, -0.25) is 14.9 Å². The summed E-state index contributed by atoms with van der Waals surface area (Å²) in [5.74, 6) is -1.06. The van der Waals surface area contributed by atoms with Gasteiger partial charge in [0.2, 0.25) is 0 Å². The molecule has 1 N–H and O–H groups in total. The van der Waals surface area contributed by atoms with Gasteiger partial charge in [0.25, 0.3) is 11.6 Å². The van der Waals surface area contributed by atoms with Crippen molar-refractivity contribution in [3.8, 4) is 0 Å². The largest absolute Gasteiger partial charge is 0.452 e. The van der Waals surface area contributed by atoms with Gasteiger partial charge in [-0.2, -0.15) is 0 Å². The Morgan fingerprint density at radius 1 is 1.25 bits per heavy atom. The summed E-state index contributed by atoms with van der Waals surface area (Å²) in [4.78, 5) is 34.1. The number of nitro groups is 1. The van der Waals surface area contributed by atoms with Crippen LogP contribution in [0.15, 0.2) is 47.9 Å². The highest BCUT2D eigenvalue weighted by Gasteiger charge is 2.06. The van der Waals surface area contributed by atoms with E-state index in [1.165, 1.54) is 41.7 Å². The van der Waals surface area contributed by atoms with Crippen molar-refractivity contribution < 1.29 is 19.2 Å². The predicted octanol–water partition coefficient (Wildman–Crippen LogP) is 2.53. The molecule has 0 aliphatic rings. The summed E-state index contributed by atoms with van der Waals surface area (Å²) < 4.78 is 4.81. The Morgan fingerprint density at radius 2 is 2.00 bits per heavy atom. The summed E-state index contributed by atoms with van der Waals surface area (Å²) in [6.45, 7) is 0.0293. The van der Waals surface area contributed by atoms with Crippen LogP contribution in [0.3, 0.4) is 0 Å². The minimum atomic E-state index is -0.667. The number of hydrogen-bond donors (Lipinski definition) is 1. The van der Waals surface area contributed by atoms with Gasteiger partial charge < -0.3 is 10.1 Å². The van der Waals surface area contributed by atoms with Crippen LogP contribution < -0.4 is 5.32 Å². The van der Waals surface area contributed by atoms with E-state index in [1.807, 2.05) is 17.5 Å². The summed E-state index contributed by atoms with van der Waals surface area (Å²) in [6, 6.07) is 9.47. The van der Waals surface area contributed by atoms with Gasteiger partial charge in [-0.05, 0) is 35.2 Å². The monoisotopic (exact) mass is 346 g/mol. The molecule has 0 radical (unpaired) electrons. The molecule has 2 rings (SSSR count). The van der Waals surface area contributed by atoms with Gasteiger partial charge in [0, 0.05) is 23.1 Å². The van der Waals surface area contributed by atoms with Crippen molar-refractivity contribution in [1.29, 1.82) is 0 Å². The third-order valence-corrected chi connectivity index (χ3v) is 3.78. The molecule has 0 aliphatic heterocycles. The van der Waals surface area contributed by atoms with Crippen LogP contribution in [-0.4, -0.2) is 23.4 Å². The van der Waals surface area contributed by atoms with Crippen LogP contribution in [0.2, 0.25) is 0 Å². The minimum Gasteiger partial charge on any atom is -0.452 e. The van der Waals surface area contributed by atoms with Crippen molar-refractivity contribution in [1.82, 2.24) is 5.32 Å². The van der Waals surface area contributed by atoms with Gasteiger partial charge >= 0.3 is 5.97 Å². The molecule has 1 amide bonds. The molecule has 0 aliphatic carbocycles. The maximum Gasteiger partial charge on any atom is 0.331 e. The molecule has 0 saturated carbocycles. The van der Waals surface area contributed by atoms with Crippen LogP contribution in [0.4, 0.5) is 5.69 Å². The van der Waals surface area contributed by atoms with E-state index < -0.39 is 10.9 Å². The maximum atomic E-state index is 11.5. The molecule has 0 fully saturated rings. The first-order valence-corrected chi connectivity index (χ1v) is 7.81. The van der Waals surface area contributed by atoms with Crippen molar-refractivity contribution >= 4 is 35.0 Å². The van der Waals surface area contributed by atoms with Crippen molar-refractivity contribution in [2.45, 2.75) is 6.54 Å². The third-order valence-electron chi connectivity index (χ3n) is 2.90. The van der Waals surface area contributed by atoms with Gasteiger partial charge in [0.05, 0.1) is 11.5 Å². The van der Waals surface area contributed by atoms with Crippen LogP contribution >= 0.6 is 11.3 Å². The fraction of sp³-hybridized carbons (Fsp3) is 0.125. The predicted molar refractivity (Wildman–Crippen MR) is 89.3 cm³/mol. The summed E-state index contributed by atoms with van der Waals surface area (Å²) in [5, 5.41) is 15.1. The van der Waals surface area contributed by atoms with E-state index in [0.29, 0.717) is 12.1 Å². The molecule has 124 valence electrons. The van der Waals surface area contributed by atoms with Gasteiger partial charge in [-0.1, -0.05) is 6.07 Å². The second-order valence-electron chi connectivity index (χ2n) is 4.65. The number of nitrogens with zero attached hydrogens (tertiary/aromatic N) is 1. The lowest BCUT2D eigenvalue weighted by atomic mass is 10.2. The molecular weight excluding hydrogens is 332 g/mol. The molecule has 0 atom stereocenters. The normalized spacial score (nSPS) is 10.5. The number of nitrogens with one attached hydrogen (secondary N) is 1. The van der Waals surface area contributed by atoms with Gasteiger partial charge in [-0.15, -0.1) is 11.3 Å². The topological polar surface area (TPSA) is 98.5 Å².